The van der Waals surface area contributed by atoms with Crippen molar-refractivity contribution in [3.05, 3.63) is 35.4 Å². The molecule has 0 aliphatic carbocycles. The van der Waals surface area contributed by atoms with Crippen LogP contribution in [0.3, 0.4) is 0 Å². The zero-order chi connectivity index (χ0) is 11.3. The van der Waals surface area contributed by atoms with Crippen molar-refractivity contribution in [2.24, 2.45) is 0 Å². The second-order valence-corrected chi connectivity index (χ2v) is 6.07. The van der Waals surface area contributed by atoms with Gasteiger partial charge in [0.1, 0.15) is 0 Å². The summed E-state index contributed by atoms with van der Waals surface area (Å²) >= 11 is 1.90. The van der Waals surface area contributed by atoms with E-state index in [0.717, 1.165) is 13.1 Å². The third-order valence-corrected chi connectivity index (χ3v) is 3.80. The summed E-state index contributed by atoms with van der Waals surface area (Å²) < 4.78 is 0.324. The van der Waals surface area contributed by atoms with Crippen LogP contribution < -0.4 is 5.32 Å². The molecule has 1 rings (SSSR count). The van der Waals surface area contributed by atoms with Gasteiger partial charge in [0, 0.05) is 17.8 Å². The number of nitrogens with one attached hydrogen (secondary N) is 1. The second kappa shape index (κ2) is 5.57. The lowest BCUT2D eigenvalue weighted by atomic mass is 10.1. The van der Waals surface area contributed by atoms with Gasteiger partial charge in [-0.15, -0.1) is 0 Å². The Morgan fingerprint density at radius 3 is 2.33 bits per heavy atom. The molecule has 0 aliphatic rings. The molecule has 0 spiro atoms. The van der Waals surface area contributed by atoms with Gasteiger partial charge >= 0.3 is 0 Å². The monoisotopic (exact) mass is 223 g/mol. The van der Waals surface area contributed by atoms with Crippen molar-refractivity contribution < 1.29 is 0 Å². The van der Waals surface area contributed by atoms with E-state index < -0.39 is 0 Å². The van der Waals surface area contributed by atoms with Crippen molar-refractivity contribution in [3.63, 3.8) is 0 Å². The molecule has 15 heavy (non-hydrogen) atoms. The summed E-state index contributed by atoms with van der Waals surface area (Å²) in [6.45, 7) is 8.65. The van der Waals surface area contributed by atoms with Gasteiger partial charge in [0.05, 0.1) is 0 Å². The molecule has 0 aromatic heterocycles. The van der Waals surface area contributed by atoms with Crippen molar-refractivity contribution in [2.45, 2.75) is 32.1 Å². The van der Waals surface area contributed by atoms with Gasteiger partial charge in [-0.1, -0.05) is 29.8 Å². The number of thioether (sulfide) groups is 1. The largest absolute Gasteiger partial charge is 0.311 e. The van der Waals surface area contributed by atoms with E-state index in [4.69, 9.17) is 0 Å². The predicted molar refractivity (Wildman–Crippen MR) is 70.5 cm³/mol. The van der Waals surface area contributed by atoms with E-state index in [9.17, 15) is 0 Å². The van der Waals surface area contributed by atoms with Gasteiger partial charge in [0.15, 0.2) is 0 Å². The molecule has 0 atom stereocenters. The molecule has 0 saturated carbocycles. The Bertz CT molecular complexity index is 290. The Morgan fingerprint density at radius 2 is 1.80 bits per heavy atom. The fraction of sp³-hybridized carbons (Fsp3) is 0.538. The fourth-order valence-corrected chi connectivity index (χ4v) is 1.53. The minimum atomic E-state index is 0.324. The number of hydrogen-bond donors (Lipinski definition) is 1. The van der Waals surface area contributed by atoms with Crippen molar-refractivity contribution in [1.82, 2.24) is 5.32 Å². The Labute approximate surface area is 97.7 Å². The summed E-state index contributed by atoms with van der Waals surface area (Å²) in [7, 11) is 0. The van der Waals surface area contributed by atoms with Crippen molar-refractivity contribution in [2.75, 3.05) is 12.8 Å². The standard InChI is InChI=1S/C13H21NS/c1-11-5-7-12(8-6-11)9-14-10-13(2,3)15-4/h5-8,14H,9-10H2,1-4H3. The molecule has 0 saturated heterocycles. The zero-order valence-corrected chi connectivity index (χ0v) is 10.9. The van der Waals surface area contributed by atoms with E-state index in [-0.39, 0.29) is 0 Å². The lowest BCUT2D eigenvalue weighted by Crippen LogP contribution is -2.31. The number of benzene rings is 1. The second-order valence-electron chi connectivity index (χ2n) is 4.55. The van der Waals surface area contributed by atoms with Crippen molar-refractivity contribution in [3.8, 4) is 0 Å². The highest BCUT2D eigenvalue weighted by Gasteiger charge is 2.14. The van der Waals surface area contributed by atoms with Gasteiger partial charge in [-0.05, 0) is 32.6 Å². The fourth-order valence-electron chi connectivity index (χ4n) is 1.29. The van der Waals surface area contributed by atoms with E-state index in [2.05, 4.69) is 56.6 Å². The van der Waals surface area contributed by atoms with Crippen LogP contribution in [0.1, 0.15) is 25.0 Å². The molecular formula is C13H21NS. The maximum Gasteiger partial charge on any atom is 0.0225 e. The van der Waals surface area contributed by atoms with Crippen LogP contribution in [0.2, 0.25) is 0 Å². The first-order chi connectivity index (χ1) is 7.03. The molecule has 84 valence electrons. The number of hydrogen-bond acceptors (Lipinski definition) is 2. The van der Waals surface area contributed by atoms with E-state index in [1.54, 1.807) is 0 Å². The first-order valence-electron chi connectivity index (χ1n) is 5.35. The van der Waals surface area contributed by atoms with Crippen LogP contribution >= 0.6 is 11.8 Å². The van der Waals surface area contributed by atoms with Crippen LogP contribution in [0.4, 0.5) is 0 Å². The van der Waals surface area contributed by atoms with Gasteiger partial charge in [-0.3, -0.25) is 0 Å². The molecule has 0 amide bonds. The molecule has 1 aromatic carbocycles. The molecule has 1 nitrogen and oxygen atoms in total. The lowest BCUT2D eigenvalue weighted by Gasteiger charge is -2.22. The third kappa shape index (κ3) is 4.72. The van der Waals surface area contributed by atoms with Gasteiger partial charge in [0.25, 0.3) is 0 Å². The summed E-state index contributed by atoms with van der Waals surface area (Å²) in [5.41, 5.74) is 2.68. The molecule has 0 radical (unpaired) electrons. The van der Waals surface area contributed by atoms with Crippen LogP contribution in [-0.4, -0.2) is 17.5 Å². The summed E-state index contributed by atoms with van der Waals surface area (Å²) in [6.07, 6.45) is 2.16. The normalized spacial score (nSPS) is 11.7. The van der Waals surface area contributed by atoms with Gasteiger partial charge in [-0.25, -0.2) is 0 Å². The molecule has 1 N–H and O–H groups in total. The summed E-state index contributed by atoms with van der Waals surface area (Å²) in [4.78, 5) is 0. The molecule has 0 fully saturated rings. The average Bonchev–Trinajstić information content (AvgIpc) is 2.21. The predicted octanol–water partition coefficient (Wildman–Crippen LogP) is 3.23. The van der Waals surface area contributed by atoms with Crippen LogP contribution in [0.15, 0.2) is 24.3 Å². The van der Waals surface area contributed by atoms with Crippen molar-refractivity contribution >= 4 is 11.8 Å². The highest BCUT2D eigenvalue weighted by atomic mass is 32.2. The summed E-state index contributed by atoms with van der Waals surface area (Å²) in [5, 5.41) is 3.49. The summed E-state index contributed by atoms with van der Waals surface area (Å²) in [5.74, 6) is 0. The van der Waals surface area contributed by atoms with Gasteiger partial charge in [-0.2, -0.15) is 11.8 Å². The lowest BCUT2D eigenvalue weighted by molar-refractivity contribution is 0.591. The summed E-state index contributed by atoms with van der Waals surface area (Å²) in [6, 6.07) is 8.70. The Balaban J connectivity index is 2.35. The van der Waals surface area contributed by atoms with Crippen LogP contribution in [0.25, 0.3) is 0 Å². The Hall–Kier alpha value is -0.470. The maximum absolute atomic E-state index is 3.49. The molecule has 2 heteroatoms. The van der Waals surface area contributed by atoms with Crippen LogP contribution in [0, 0.1) is 6.92 Å². The molecule has 0 unspecified atom stereocenters. The smallest absolute Gasteiger partial charge is 0.0225 e. The molecule has 0 bridgehead atoms. The van der Waals surface area contributed by atoms with E-state index in [1.807, 2.05) is 11.8 Å². The first kappa shape index (κ1) is 12.6. The Kier molecular flexibility index (Phi) is 4.68. The molecule has 0 aliphatic heterocycles. The highest BCUT2D eigenvalue weighted by Crippen LogP contribution is 2.19. The minimum absolute atomic E-state index is 0.324. The quantitative estimate of drug-likeness (QED) is 0.822. The van der Waals surface area contributed by atoms with Crippen molar-refractivity contribution in [1.29, 1.82) is 0 Å². The van der Waals surface area contributed by atoms with E-state index in [1.165, 1.54) is 11.1 Å². The average molecular weight is 223 g/mol. The SMILES string of the molecule is CSC(C)(C)CNCc1ccc(C)cc1. The highest BCUT2D eigenvalue weighted by molar-refractivity contribution is 7.99. The topological polar surface area (TPSA) is 12.0 Å². The van der Waals surface area contributed by atoms with E-state index >= 15 is 0 Å². The van der Waals surface area contributed by atoms with Crippen LogP contribution in [-0.2, 0) is 6.54 Å². The molecule has 1 aromatic rings. The number of aryl methyl sites for hydroxylation is 1. The third-order valence-electron chi connectivity index (χ3n) is 2.55. The minimum Gasteiger partial charge on any atom is -0.311 e. The maximum atomic E-state index is 3.49. The molecular weight excluding hydrogens is 202 g/mol. The Morgan fingerprint density at radius 1 is 1.20 bits per heavy atom. The van der Waals surface area contributed by atoms with Crippen LogP contribution in [0.5, 0.6) is 0 Å². The number of rotatable bonds is 5. The van der Waals surface area contributed by atoms with Gasteiger partial charge in [0.2, 0.25) is 0 Å². The van der Waals surface area contributed by atoms with E-state index in [0.29, 0.717) is 4.75 Å². The van der Waals surface area contributed by atoms with Gasteiger partial charge < -0.3 is 5.32 Å². The first-order valence-corrected chi connectivity index (χ1v) is 6.57. The zero-order valence-electron chi connectivity index (χ0n) is 10.1. The molecule has 0 heterocycles.